The maximum atomic E-state index is 12.8. The zero-order valence-corrected chi connectivity index (χ0v) is 15.7. The van der Waals surface area contributed by atoms with E-state index in [4.69, 9.17) is 25.8 Å². The molecule has 4 rings (SSSR count). The minimum atomic E-state index is -0.744. The molecule has 0 spiro atoms. The maximum Gasteiger partial charge on any atom is 0.328 e. The minimum absolute atomic E-state index is 0.161. The number of alkyl halides is 1. The Labute approximate surface area is 161 Å². The molecule has 0 unspecified atom stereocenters. The molecular weight excluding hydrogens is 372 g/mol. The van der Waals surface area contributed by atoms with E-state index in [0.29, 0.717) is 17.9 Å². The first-order valence-corrected chi connectivity index (χ1v) is 9.07. The lowest BCUT2D eigenvalue weighted by Gasteiger charge is -2.41. The van der Waals surface area contributed by atoms with E-state index in [1.165, 1.54) is 12.0 Å². The van der Waals surface area contributed by atoms with Gasteiger partial charge in [0.15, 0.2) is 11.5 Å². The van der Waals surface area contributed by atoms with Crippen molar-refractivity contribution in [3.8, 4) is 11.5 Å². The summed E-state index contributed by atoms with van der Waals surface area (Å²) in [5, 5.41) is 0. The summed E-state index contributed by atoms with van der Waals surface area (Å²) < 4.78 is 17.8. The SMILES string of the molecule is COC(=O)[C@H]1Cc2ccn(C)c2[C@@H](c2ccc3c(c2)OCO3)N1C(=O)CCl. The number of halogens is 1. The Morgan fingerprint density at radius 1 is 1.26 bits per heavy atom. The van der Waals surface area contributed by atoms with Crippen molar-refractivity contribution in [2.24, 2.45) is 7.05 Å². The van der Waals surface area contributed by atoms with Gasteiger partial charge in [-0.1, -0.05) is 6.07 Å². The van der Waals surface area contributed by atoms with Gasteiger partial charge in [-0.2, -0.15) is 0 Å². The van der Waals surface area contributed by atoms with E-state index in [2.05, 4.69) is 0 Å². The first-order valence-electron chi connectivity index (χ1n) is 8.53. The number of carbonyl (C=O) groups is 2. The minimum Gasteiger partial charge on any atom is -0.467 e. The molecule has 1 aromatic heterocycles. The van der Waals surface area contributed by atoms with Crippen molar-refractivity contribution < 1.29 is 23.8 Å². The normalized spacial score (nSPS) is 20.3. The van der Waals surface area contributed by atoms with Gasteiger partial charge >= 0.3 is 5.97 Å². The van der Waals surface area contributed by atoms with Gasteiger partial charge in [-0.15, -0.1) is 11.6 Å². The molecule has 2 atom stereocenters. The fourth-order valence-electron chi connectivity index (χ4n) is 3.87. The Balaban J connectivity index is 1.89. The number of ether oxygens (including phenoxy) is 3. The monoisotopic (exact) mass is 390 g/mol. The van der Waals surface area contributed by atoms with Gasteiger partial charge in [-0.25, -0.2) is 4.79 Å². The van der Waals surface area contributed by atoms with Crippen molar-refractivity contribution >= 4 is 23.5 Å². The van der Waals surface area contributed by atoms with Crippen molar-refractivity contribution in [1.82, 2.24) is 9.47 Å². The molecular formula is C19H19ClN2O5. The van der Waals surface area contributed by atoms with Crippen LogP contribution in [-0.4, -0.2) is 47.2 Å². The van der Waals surface area contributed by atoms with Crippen LogP contribution in [0.15, 0.2) is 30.5 Å². The molecule has 0 N–H and O–H groups in total. The molecule has 0 saturated heterocycles. The van der Waals surface area contributed by atoms with Crippen LogP contribution in [0.5, 0.6) is 11.5 Å². The summed E-state index contributed by atoms with van der Waals surface area (Å²) in [6, 6.07) is 6.27. The van der Waals surface area contributed by atoms with Crippen molar-refractivity contribution in [3.05, 3.63) is 47.3 Å². The molecule has 0 saturated carbocycles. The maximum absolute atomic E-state index is 12.8. The number of methoxy groups -OCH3 is 1. The van der Waals surface area contributed by atoms with Crippen molar-refractivity contribution in [2.45, 2.75) is 18.5 Å². The van der Waals surface area contributed by atoms with E-state index in [9.17, 15) is 9.59 Å². The lowest BCUT2D eigenvalue weighted by atomic mass is 9.89. The number of hydrogen-bond acceptors (Lipinski definition) is 5. The number of fused-ring (bicyclic) bond motifs is 2. The van der Waals surface area contributed by atoms with Gasteiger partial charge in [0.05, 0.1) is 13.2 Å². The number of benzene rings is 1. The van der Waals surface area contributed by atoms with E-state index in [1.54, 1.807) is 0 Å². The summed E-state index contributed by atoms with van der Waals surface area (Å²) in [6.07, 6.45) is 2.31. The fraction of sp³-hybridized carbons (Fsp3) is 0.368. The topological polar surface area (TPSA) is 70.0 Å². The first kappa shape index (κ1) is 17.7. The van der Waals surface area contributed by atoms with Gasteiger partial charge in [-0.3, -0.25) is 4.79 Å². The molecule has 27 heavy (non-hydrogen) atoms. The summed E-state index contributed by atoms with van der Waals surface area (Å²) in [4.78, 5) is 26.8. The average Bonchev–Trinajstić information content (AvgIpc) is 3.31. The highest BCUT2D eigenvalue weighted by Gasteiger charge is 2.43. The van der Waals surface area contributed by atoms with E-state index in [-0.39, 0.29) is 18.6 Å². The molecule has 8 heteroatoms. The molecule has 0 aliphatic carbocycles. The van der Waals surface area contributed by atoms with Crippen molar-refractivity contribution in [3.63, 3.8) is 0 Å². The first-order chi connectivity index (χ1) is 13.0. The Morgan fingerprint density at radius 3 is 2.78 bits per heavy atom. The number of amides is 1. The van der Waals surface area contributed by atoms with Crippen LogP contribution >= 0.6 is 11.6 Å². The largest absolute Gasteiger partial charge is 0.467 e. The molecule has 3 heterocycles. The second kappa shape index (κ2) is 6.81. The zero-order valence-electron chi connectivity index (χ0n) is 15.0. The molecule has 0 fully saturated rings. The van der Waals surface area contributed by atoms with Crippen LogP contribution in [0.3, 0.4) is 0 Å². The second-order valence-corrected chi connectivity index (χ2v) is 6.80. The Morgan fingerprint density at radius 2 is 2.04 bits per heavy atom. The predicted octanol–water partition coefficient (Wildman–Crippen LogP) is 2.01. The van der Waals surface area contributed by atoms with Gasteiger partial charge in [-0.05, 0) is 29.3 Å². The standard InChI is InChI=1S/C19H19ClN2O5/c1-21-6-5-12-7-13(19(24)25-2)22(16(23)9-20)18(17(12)21)11-3-4-14-15(8-11)27-10-26-14/h3-6,8,13,18H,7,9-10H2,1-2H3/t13-,18-/m1/s1. The molecule has 0 bridgehead atoms. The highest BCUT2D eigenvalue weighted by Crippen LogP contribution is 2.42. The smallest absolute Gasteiger partial charge is 0.328 e. The summed E-state index contributed by atoms with van der Waals surface area (Å²) in [5.41, 5.74) is 2.75. The predicted molar refractivity (Wildman–Crippen MR) is 96.9 cm³/mol. The van der Waals surface area contributed by atoms with Gasteiger partial charge < -0.3 is 23.7 Å². The van der Waals surface area contributed by atoms with Gasteiger partial charge in [0.1, 0.15) is 11.9 Å². The molecule has 0 radical (unpaired) electrons. The van der Waals surface area contributed by atoms with Crippen molar-refractivity contribution in [1.29, 1.82) is 0 Å². The Kier molecular flexibility index (Phi) is 4.47. The van der Waals surface area contributed by atoms with E-state index in [1.807, 2.05) is 42.1 Å². The molecule has 1 aromatic carbocycles. The van der Waals surface area contributed by atoms with Crippen LogP contribution in [0.25, 0.3) is 0 Å². The van der Waals surface area contributed by atoms with Gasteiger partial charge in [0, 0.05) is 25.4 Å². The van der Waals surface area contributed by atoms with E-state index >= 15 is 0 Å². The van der Waals surface area contributed by atoms with Crippen LogP contribution in [0, 0.1) is 0 Å². The highest BCUT2D eigenvalue weighted by atomic mass is 35.5. The number of hydrogen-bond donors (Lipinski definition) is 0. The Bertz CT molecular complexity index is 910. The molecule has 2 aliphatic rings. The van der Waals surface area contributed by atoms with Gasteiger partial charge in [0.2, 0.25) is 12.7 Å². The molecule has 7 nitrogen and oxygen atoms in total. The molecule has 142 valence electrons. The van der Waals surface area contributed by atoms with E-state index < -0.39 is 18.1 Å². The second-order valence-electron chi connectivity index (χ2n) is 6.53. The fourth-order valence-corrected chi connectivity index (χ4v) is 4.01. The molecule has 1 amide bonds. The summed E-state index contributed by atoms with van der Waals surface area (Å²) in [7, 11) is 3.24. The van der Waals surface area contributed by atoms with Crippen LogP contribution in [0.4, 0.5) is 0 Å². The van der Waals surface area contributed by atoms with Crippen LogP contribution in [0.1, 0.15) is 22.9 Å². The average molecular weight is 391 g/mol. The third-order valence-electron chi connectivity index (χ3n) is 5.08. The number of esters is 1. The number of aryl methyl sites for hydroxylation is 1. The van der Waals surface area contributed by atoms with Crippen LogP contribution in [-0.2, 0) is 27.8 Å². The number of aromatic nitrogens is 1. The third kappa shape index (κ3) is 2.82. The summed E-state index contributed by atoms with van der Waals surface area (Å²) in [5.74, 6) is 0.243. The summed E-state index contributed by atoms with van der Waals surface area (Å²) >= 11 is 5.89. The van der Waals surface area contributed by atoms with Crippen LogP contribution < -0.4 is 9.47 Å². The van der Waals surface area contributed by atoms with Crippen molar-refractivity contribution in [2.75, 3.05) is 19.8 Å². The molecule has 2 aromatic rings. The van der Waals surface area contributed by atoms with E-state index in [0.717, 1.165) is 16.8 Å². The van der Waals surface area contributed by atoms with Crippen LogP contribution in [0.2, 0.25) is 0 Å². The zero-order chi connectivity index (χ0) is 19.1. The number of rotatable bonds is 3. The third-order valence-corrected chi connectivity index (χ3v) is 5.31. The summed E-state index contributed by atoms with van der Waals surface area (Å²) in [6.45, 7) is 0.161. The Hall–Kier alpha value is -2.67. The lowest BCUT2D eigenvalue weighted by Crippen LogP contribution is -2.52. The number of carbonyl (C=O) groups excluding carboxylic acids is 2. The lowest BCUT2D eigenvalue weighted by molar-refractivity contribution is -0.154. The quantitative estimate of drug-likeness (QED) is 0.592. The highest BCUT2D eigenvalue weighted by molar-refractivity contribution is 6.27. The molecule has 2 aliphatic heterocycles. The number of nitrogens with zero attached hydrogens (tertiary/aromatic N) is 2. The van der Waals surface area contributed by atoms with Gasteiger partial charge in [0.25, 0.3) is 0 Å².